The van der Waals surface area contributed by atoms with Gasteiger partial charge >= 0.3 is 5.97 Å². The Labute approximate surface area is 98.7 Å². The second-order valence-electron chi connectivity index (χ2n) is 4.40. The number of aromatic carboxylic acids is 1. The Hall–Kier alpha value is -1.69. The van der Waals surface area contributed by atoms with Crippen LogP contribution in [0, 0.1) is 12.8 Å². The number of aromatic nitrogens is 2. The van der Waals surface area contributed by atoms with Gasteiger partial charge in [0.05, 0.1) is 6.10 Å². The molecule has 1 aromatic heterocycles. The predicted octanol–water partition coefficient (Wildman–Crippen LogP) is 0.666. The van der Waals surface area contributed by atoms with Crippen LogP contribution in [-0.2, 0) is 0 Å². The molecule has 1 fully saturated rings. The van der Waals surface area contributed by atoms with E-state index in [2.05, 4.69) is 15.3 Å². The van der Waals surface area contributed by atoms with Gasteiger partial charge in [-0.25, -0.2) is 14.8 Å². The van der Waals surface area contributed by atoms with E-state index in [1.807, 2.05) is 0 Å². The number of hydrogen-bond acceptors (Lipinski definition) is 5. The Morgan fingerprint density at radius 2 is 2.24 bits per heavy atom. The van der Waals surface area contributed by atoms with Crippen LogP contribution < -0.4 is 5.32 Å². The number of carboxylic acid groups (broad SMARTS) is 1. The molecule has 0 amide bonds. The molecule has 1 aromatic rings. The van der Waals surface area contributed by atoms with Gasteiger partial charge in [-0.3, -0.25) is 0 Å². The van der Waals surface area contributed by atoms with Gasteiger partial charge in [-0.2, -0.15) is 0 Å². The largest absolute Gasteiger partial charge is 0.477 e. The summed E-state index contributed by atoms with van der Waals surface area (Å²) in [7, 11) is 0. The minimum Gasteiger partial charge on any atom is -0.477 e. The molecule has 2 rings (SSSR count). The first-order valence-corrected chi connectivity index (χ1v) is 5.55. The highest BCUT2D eigenvalue weighted by Crippen LogP contribution is 2.26. The summed E-state index contributed by atoms with van der Waals surface area (Å²) in [6.07, 6.45) is 1.38. The highest BCUT2D eigenvalue weighted by molar-refractivity contribution is 5.85. The van der Waals surface area contributed by atoms with Crippen LogP contribution in [0.25, 0.3) is 0 Å². The number of aryl methyl sites for hydroxylation is 1. The minimum atomic E-state index is -1.06. The van der Waals surface area contributed by atoms with E-state index in [1.165, 1.54) is 6.07 Å². The number of aliphatic hydroxyl groups excluding tert-OH is 1. The van der Waals surface area contributed by atoms with E-state index in [9.17, 15) is 4.79 Å². The Morgan fingerprint density at radius 3 is 2.82 bits per heavy atom. The predicted molar refractivity (Wildman–Crippen MR) is 60.9 cm³/mol. The van der Waals surface area contributed by atoms with Crippen molar-refractivity contribution in [2.45, 2.75) is 25.9 Å². The van der Waals surface area contributed by atoms with Gasteiger partial charge in [-0.1, -0.05) is 0 Å². The Bertz CT molecular complexity index is 430. The first-order valence-electron chi connectivity index (χ1n) is 5.55. The number of nitrogens with one attached hydrogen (secondary N) is 1. The van der Waals surface area contributed by atoms with Crippen molar-refractivity contribution >= 4 is 11.9 Å². The zero-order valence-electron chi connectivity index (χ0n) is 9.55. The van der Waals surface area contributed by atoms with Gasteiger partial charge < -0.3 is 15.5 Å². The lowest BCUT2D eigenvalue weighted by molar-refractivity contribution is 0.0486. The lowest BCUT2D eigenvalue weighted by Crippen LogP contribution is -2.33. The number of carboxylic acids is 1. The molecule has 0 aromatic carbocycles. The van der Waals surface area contributed by atoms with Gasteiger partial charge in [0.2, 0.25) is 5.95 Å². The first-order chi connectivity index (χ1) is 8.04. The van der Waals surface area contributed by atoms with Crippen molar-refractivity contribution in [3.05, 3.63) is 17.5 Å². The van der Waals surface area contributed by atoms with E-state index >= 15 is 0 Å². The summed E-state index contributed by atoms with van der Waals surface area (Å²) >= 11 is 0. The fraction of sp³-hybridized carbons (Fsp3) is 0.545. The van der Waals surface area contributed by atoms with Gasteiger partial charge in [0.25, 0.3) is 0 Å². The van der Waals surface area contributed by atoms with Gasteiger partial charge in [0, 0.05) is 12.2 Å². The van der Waals surface area contributed by atoms with Gasteiger partial charge in [0.1, 0.15) is 0 Å². The number of anilines is 1. The number of rotatable bonds is 4. The van der Waals surface area contributed by atoms with E-state index in [1.54, 1.807) is 6.92 Å². The molecule has 0 atom stereocenters. The number of nitrogens with zero attached hydrogens (tertiary/aromatic N) is 2. The van der Waals surface area contributed by atoms with E-state index < -0.39 is 5.97 Å². The molecule has 92 valence electrons. The molecule has 6 nitrogen and oxygen atoms in total. The topological polar surface area (TPSA) is 95.3 Å². The average Bonchev–Trinajstić information content (AvgIpc) is 2.22. The third kappa shape index (κ3) is 2.91. The van der Waals surface area contributed by atoms with Crippen molar-refractivity contribution in [2.24, 2.45) is 5.92 Å². The van der Waals surface area contributed by atoms with E-state index in [4.69, 9.17) is 10.2 Å². The van der Waals surface area contributed by atoms with Crippen LogP contribution >= 0.6 is 0 Å². The van der Waals surface area contributed by atoms with E-state index in [-0.39, 0.29) is 11.8 Å². The normalized spacial score (nSPS) is 22.9. The van der Waals surface area contributed by atoms with Gasteiger partial charge in [-0.15, -0.1) is 0 Å². The highest BCUT2D eigenvalue weighted by atomic mass is 16.4. The fourth-order valence-corrected chi connectivity index (χ4v) is 1.86. The van der Waals surface area contributed by atoms with Crippen LogP contribution in [0.4, 0.5) is 5.95 Å². The summed E-state index contributed by atoms with van der Waals surface area (Å²) in [6, 6.07) is 1.43. The molecule has 1 heterocycles. The monoisotopic (exact) mass is 237 g/mol. The van der Waals surface area contributed by atoms with Crippen molar-refractivity contribution in [3.8, 4) is 0 Å². The van der Waals surface area contributed by atoms with Crippen LogP contribution in [0.5, 0.6) is 0 Å². The summed E-state index contributed by atoms with van der Waals surface area (Å²) in [6.45, 7) is 2.39. The zero-order chi connectivity index (χ0) is 12.4. The molecule has 1 aliphatic rings. The van der Waals surface area contributed by atoms with Crippen molar-refractivity contribution in [1.82, 2.24) is 9.97 Å². The fourth-order valence-electron chi connectivity index (χ4n) is 1.86. The molecule has 0 spiro atoms. The van der Waals surface area contributed by atoms with Crippen LogP contribution in [0.15, 0.2) is 6.07 Å². The Kier molecular flexibility index (Phi) is 3.23. The molecule has 0 bridgehead atoms. The van der Waals surface area contributed by atoms with Crippen molar-refractivity contribution < 1.29 is 15.0 Å². The van der Waals surface area contributed by atoms with E-state index in [0.717, 1.165) is 12.8 Å². The highest BCUT2D eigenvalue weighted by Gasteiger charge is 2.26. The minimum absolute atomic E-state index is 0.00589. The Balaban J connectivity index is 1.98. The average molecular weight is 237 g/mol. The smallest absolute Gasteiger partial charge is 0.354 e. The van der Waals surface area contributed by atoms with Crippen LogP contribution in [0.3, 0.4) is 0 Å². The molecular weight excluding hydrogens is 222 g/mol. The quantitative estimate of drug-likeness (QED) is 0.712. The Morgan fingerprint density at radius 1 is 1.53 bits per heavy atom. The third-order valence-corrected chi connectivity index (χ3v) is 2.83. The maximum absolute atomic E-state index is 10.8. The second kappa shape index (κ2) is 4.67. The first kappa shape index (κ1) is 11.8. The molecule has 17 heavy (non-hydrogen) atoms. The van der Waals surface area contributed by atoms with Gasteiger partial charge in [-0.05, 0) is 31.7 Å². The van der Waals surface area contributed by atoms with Crippen LogP contribution in [0.1, 0.15) is 29.0 Å². The maximum atomic E-state index is 10.8. The zero-order valence-corrected chi connectivity index (χ0v) is 9.55. The van der Waals surface area contributed by atoms with Gasteiger partial charge in [0.15, 0.2) is 5.69 Å². The second-order valence-corrected chi connectivity index (χ2v) is 4.40. The number of carbonyl (C=O) groups is 1. The molecule has 0 aliphatic heterocycles. The summed E-state index contributed by atoms with van der Waals surface area (Å²) in [5.41, 5.74) is 0.613. The SMILES string of the molecule is Cc1cc(C(=O)O)nc(NCC2CC(O)C2)n1. The van der Waals surface area contributed by atoms with Crippen LogP contribution in [0.2, 0.25) is 0 Å². The van der Waals surface area contributed by atoms with Crippen LogP contribution in [-0.4, -0.2) is 38.8 Å². The number of hydrogen-bond donors (Lipinski definition) is 3. The summed E-state index contributed by atoms with van der Waals surface area (Å²) in [5, 5.41) is 21.0. The standard InChI is InChI=1S/C11H15N3O3/c1-6-2-9(10(16)17)14-11(13-6)12-5-7-3-8(15)4-7/h2,7-8,15H,3-5H2,1H3,(H,16,17)(H,12,13,14). The lowest BCUT2D eigenvalue weighted by atomic mass is 9.82. The van der Waals surface area contributed by atoms with Crippen molar-refractivity contribution in [2.75, 3.05) is 11.9 Å². The summed E-state index contributed by atoms with van der Waals surface area (Å²) in [4.78, 5) is 18.8. The molecule has 3 N–H and O–H groups in total. The molecular formula is C11H15N3O3. The summed E-state index contributed by atoms with van der Waals surface area (Å²) in [5.74, 6) is -0.302. The number of aliphatic hydroxyl groups is 1. The molecule has 6 heteroatoms. The third-order valence-electron chi connectivity index (χ3n) is 2.83. The molecule has 1 aliphatic carbocycles. The molecule has 0 unspecified atom stereocenters. The summed E-state index contributed by atoms with van der Waals surface area (Å²) < 4.78 is 0. The van der Waals surface area contributed by atoms with E-state index in [0.29, 0.717) is 24.1 Å². The van der Waals surface area contributed by atoms with Crippen molar-refractivity contribution in [1.29, 1.82) is 0 Å². The molecule has 0 radical (unpaired) electrons. The molecule has 0 saturated heterocycles. The maximum Gasteiger partial charge on any atom is 0.354 e. The van der Waals surface area contributed by atoms with Crippen molar-refractivity contribution in [3.63, 3.8) is 0 Å². The molecule has 1 saturated carbocycles. The lowest BCUT2D eigenvalue weighted by Gasteiger charge is -2.31.